The zero-order valence-electron chi connectivity index (χ0n) is 24.1. The smallest absolute Gasteiger partial charge is 0.237 e. The lowest BCUT2D eigenvalue weighted by molar-refractivity contribution is -0.115. The number of aromatic nitrogens is 1. The Morgan fingerprint density at radius 2 is 1.63 bits per heavy atom. The minimum absolute atomic E-state index is 0.142. The Balaban J connectivity index is 1.85. The number of benzene rings is 3. The average molecular weight is 568 g/mol. The Labute approximate surface area is 245 Å². The summed E-state index contributed by atoms with van der Waals surface area (Å²) in [5, 5.41) is 13.5. The van der Waals surface area contributed by atoms with Crippen molar-refractivity contribution in [2.75, 3.05) is 26.6 Å². The van der Waals surface area contributed by atoms with Crippen molar-refractivity contribution in [3.63, 3.8) is 0 Å². The molecule has 0 saturated heterocycles. The largest absolute Gasteiger partial charge is 0.493 e. The number of thioether (sulfide) groups is 1. The molecule has 0 radical (unpaired) electrons. The predicted molar refractivity (Wildman–Crippen MR) is 164 cm³/mol. The Morgan fingerprint density at radius 3 is 2.22 bits per heavy atom. The number of nitrogens with zero attached hydrogens (tertiary/aromatic N) is 2. The summed E-state index contributed by atoms with van der Waals surface area (Å²) in [4.78, 5) is 18.4. The molecule has 0 bridgehead atoms. The van der Waals surface area contributed by atoms with Gasteiger partial charge in [-0.05, 0) is 61.2 Å². The van der Waals surface area contributed by atoms with Gasteiger partial charge >= 0.3 is 0 Å². The van der Waals surface area contributed by atoms with Gasteiger partial charge in [-0.1, -0.05) is 61.2 Å². The standard InChI is InChI=1S/C33H33N3O4S/c1-7-30(32(37)35-26-15-11-12-20(2)21(26)3)41-33-25(19-34)24(18-27(36-33)22-13-9-8-10-14-22)23-16-28(38-4)31(40-6)29(17-23)39-5/h8-18,30H,7H2,1-6H3,(H,35,37). The number of amides is 1. The van der Waals surface area contributed by atoms with Gasteiger partial charge in [0.15, 0.2) is 11.5 Å². The first kappa shape index (κ1) is 29.5. The first-order valence-corrected chi connectivity index (χ1v) is 14.1. The van der Waals surface area contributed by atoms with Crippen LogP contribution in [0.15, 0.2) is 71.8 Å². The molecule has 0 spiro atoms. The molecule has 0 aliphatic carbocycles. The molecular weight excluding hydrogens is 534 g/mol. The van der Waals surface area contributed by atoms with Crippen LogP contribution in [0.25, 0.3) is 22.4 Å². The monoisotopic (exact) mass is 567 g/mol. The van der Waals surface area contributed by atoms with Crippen LogP contribution in [0.1, 0.15) is 30.0 Å². The summed E-state index contributed by atoms with van der Waals surface area (Å²) in [6.07, 6.45) is 0.545. The van der Waals surface area contributed by atoms with E-state index in [1.54, 1.807) is 21.3 Å². The second-order valence-corrected chi connectivity index (χ2v) is 10.6. The molecule has 0 aliphatic heterocycles. The van der Waals surface area contributed by atoms with Crippen molar-refractivity contribution in [2.24, 2.45) is 0 Å². The maximum absolute atomic E-state index is 13.5. The van der Waals surface area contributed by atoms with Gasteiger partial charge in [0.25, 0.3) is 0 Å². The number of methoxy groups -OCH3 is 3. The number of anilines is 1. The highest BCUT2D eigenvalue weighted by molar-refractivity contribution is 8.00. The van der Waals surface area contributed by atoms with Crippen molar-refractivity contribution in [3.8, 4) is 45.7 Å². The van der Waals surface area contributed by atoms with Crippen molar-refractivity contribution in [2.45, 2.75) is 37.5 Å². The normalized spacial score (nSPS) is 11.3. The van der Waals surface area contributed by atoms with E-state index in [-0.39, 0.29) is 5.91 Å². The lowest BCUT2D eigenvalue weighted by Crippen LogP contribution is -2.25. The van der Waals surface area contributed by atoms with Crippen molar-refractivity contribution >= 4 is 23.4 Å². The number of hydrogen-bond donors (Lipinski definition) is 1. The molecule has 41 heavy (non-hydrogen) atoms. The van der Waals surface area contributed by atoms with E-state index in [1.165, 1.54) is 11.8 Å². The molecule has 1 N–H and O–H groups in total. The summed E-state index contributed by atoms with van der Waals surface area (Å²) < 4.78 is 16.7. The highest BCUT2D eigenvalue weighted by atomic mass is 32.2. The van der Waals surface area contributed by atoms with Crippen LogP contribution in [0, 0.1) is 25.2 Å². The molecule has 1 aromatic heterocycles. The van der Waals surface area contributed by atoms with Crippen LogP contribution in [-0.4, -0.2) is 37.5 Å². The number of carbonyl (C=O) groups is 1. The predicted octanol–water partition coefficient (Wildman–Crippen LogP) is 7.44. The first-order valence-electron chi connectivity index (χ1n) is 13.2. The lowest BCUT2D eigenvalue weighted by atomic mass is 9.98. The van der Waals surface area contributed by atoms with Crippen LogP contribution in [0.5, 0.6) is 17.2 Å². The number of ether oxygens (including phenoxy) is 3. The minimum atomic E-state index is -0.478. The molecule has 4 aromatic rings. The first-order chi connectivity index (χ1) is 19.8. The third kappa shape index (κ3) is 6.31. The fourth-order valence-electron chi connectivity index (χ4n) is 4.49. The highest BCUT2D eigenvalue weighted by Gasteiger charge is 2.25. The van der Waals surface area contributed by atoms with Gasteiger partial charge in [-0.3, -0.25) is 4.79 Å². The van der Waals surface area contributed by atoms with E-state index in [2.05, 4.69) is 11.4 Å². The Kier molecular flexibility index (Phi) is 9.53. The third-order valence-corrected chi connectivity index (χ3v) is 8.27. The molecule has 3 aromatic carbocycles. The quantitative estimate of drug-likeness (QED) is 0.199. The summed E-state index contributed by atoms with van der Waals surface area (Å²) in [7, 11) is 4.65. The maximum Gasteiger partial charge on any atom is 0.237 e. The SMILES string of the molecule is CCC(Sc1nc(-c2ccccc2)cc(-c2cc(OC)c(OC)c(OC)c2)c1C#N)C(=O)Nc1cccc(C)c1C. The molecule has 1 atom stereocenters. The molecule has 0 saturated carbocycles. The number of hydrogen-bond acceptors (Lipinski definition) is 7. The molecule has 0 fully saturated rings. The fraction of sp³-hybridized carbons (Fsp3) is 0.242. The van der Waals surface area contributed by atoms with E-state index < -0.39 is 5.25 Å². The number of pyridine rings is 1. The Bertz CT molecular complexity index is 1570. The number of carbonyl (C=O) groups excluding carboxylic acids is 1. The number of aryl methyl sites for hydroxylation is 1. The topological polar surface area (TPSA) is 93.5 Å². The van der Waals surface area contributed by atoms with Gasteiger partial charge in [0.05, 0.1) is 37.8 Å². The van der Waals surface area contributed by atoms with Gasteiger partial charge < -0.3 is 19.5 Å². The molecule has 4 rings (SSSR count). The molecule has 7 nitrogen and oxygen atoms in total. The van der Waals surface area contributed by atoms with E-state index in [1.807, 2.05) is 87.5 Å². The summed E-state index contributed by atoms with van der Waals surface area (Å²) in [5.74, 6) is 1.25. The van der Waals surface area contributed by atoms with Crippen molar-refractivity contribution < 1.29 is 19.0 Å². The second-order valence-electron chi connectivity index (χ2n) is 9.38. The summed E-state index contributed by atoms with van der Waals surface area (Å²) >= 11 is 1.29. The fourth-order valence-corrected chi connectivity index (χ4v) is 5.52. The Morgan fingerprint density at radius 1 is 0.951 bits per heavy atom. The minimum Gasteiger partial charge on any atom is -0.493 e. The van der Waals surface area contributed by atoms with Crippen molar-refractivity contribution in [1.82, 2.24) is 4.98 Å². The average Bonchev–Trinajstić information content (AvgIpc) is 3.01. The summed E-state index contributed by atoms with van der Waals surface area (Å²) in [6.45, 7) is 5.95. The molecule has 210 valence electrons. The van der Waals surface area contributed by atoms with Gasteiger partial charge in [0, 0.05) is 16.8 Å². The second kappa shape index (κ2) is 13.2. The van der Waals surface area contributed by atoms with Gasteiger partial charge in [0.1, 0.15) is 11.1 Å². The van der Waals surface area contributed by atoms with Crippen LogP contribution in [0.3, 0.4) is 0 Å². The van der Waals surface area contributed by atoms with Crippen LogP contribution >= 0.6 is 11.8 Å². The zero-order chi connectivity index (χ0) is 29.5. The third-order valence-electron chi connectivity index (χ3n) is 6.92. The summed E-state index contributed by atoms with van der Waals surface area (Å²) in [5.41, 5.74) is 6.18. The van der Waals surface area contributed by atoms with E-state index in [9.17, 15) is 10.1 Å². The van der Waals surface area contributed by atoms with Gasteiger partial charge in [-0.2, -0.15) is 5.26 Å². The molecule has 1 unspecified atom stereocenters. The van der Waals surface area contributed by atoms with Gasteiger partial charge in [-0.15, -0.1) is 0 Å². The number of rotatable bonds is 10. The van der Waals surface area contributed by atoms with E-state index in [0.29, 0.717) is 51.1 Å². The highest BCUT2D eigenvalue weighted by Crippen LogP contribution is 2.44. The van der Waals surface area contributed by atoms with E-state index in [0.717, 1.165) is 22.4 Å². The van der Waals surface area contributed by atoms with Crippen LogP contribution in [0.2, 0.25) is 0 Å². The molecular formula is C33H33N3O4S. The van der Waals surface area contributed by atoms with Crippen LogP contribution in [0.4, 0.5) is 5.69 Å². The van der Waals surface area contributed by atoms with Gasteiger partial charge in [0.2, 0.25) is 11.7 Å². The Hall–Kier alpha value is -4.48. The molecule has 1 heterocycles. The van der Waals surface area contributed by atoms with Crippen molar-refractivity contribution in [3.05, 3.63) is 83.4 Å². The molecule has 0 aliphatic rings. The van der Waals surface area contributed by atoms with Gasteiger partial charge in [-0.25, -0.2) is 4.98 Å². The van der Waals surface area contributed by atoms with Crippen LogP contribution < -0.4 is 19.5 Å². The molecule has 1 amide bonds. The van der Waals surface area contributed by atoms with Crippen molar-refractivity contribution in [1.29, 1.82) is 5.26 Å². The maximum atomic E-state index is 13.5. The van der Waals surface area contributed by atoms with E-state index >= 15 is 0 Å². The van der Waals surface area contributed by atoms with Crippen LogP contribution in [-0.2, 0) is 4.79 Å². The lowest BCUT2D eigenvalue weighted by Gasteiger charge is -2.19. The number of nitrogens with one attached hydrogen (secondary N) is 1. The van der Waals surface area contributed by atoms with E-state index in [4.69, 9.17) is 19.2 Å². The molecule has 8 heteroatoms. The summed E-state index contributed by atoms with van der Waals surface area (Å²) in [6, 6.07) is 23.4. The zero-order valence-corrected chi connectivity index (χ0v) is 24.9. The number of nitriles is 1.